The van der Waals surface area contributed by atoms with Gasteiger partial charge in [0.05, 0.1) is 0 Å². The van der Waals surface area contributed by atoms with Crippen LogP contribution in [0.15, 0.2) is 34.9 Å². The molecule has 3 aromatic heterocycles. The minimum Gasteiger partial charge on any atom is -0.453 e. The number of pyridine rings is 1. The van der Waals surface area contributed by atoms with E-state index < -0.39 is 0 Å². The fraction of sp³-hybridized carbons (Fsp3) is 0. The number of nitrogens with one attached hydrogen (secondary N) is 1. The van der Waals surface area contributed by atoms with Crippen LogP contribution in [0.2, 0.25) is 0 Å². The Morgan fingerprint density at radius 1 is 1.06 bits per heavy atom. The van der Waals surface area contributed by atoms with Crippen molar-refractivity contribution in [1.82, 2.24) is 20.2 Å². The van der Waals surface area contributed by atoms with Crippen molar-refractivity contribution in [3.63, 3.8) is 0 Å². The van der Waals surface area contributed by atoms with Crippen LogP contribution in [0, 0.1) is 0 Å². The number of nitrogen functional groups attached to an aromatic ring is 2. The van der Waals surface area contributed by atoms with Gasteiger partial charge in [0.25, 0.3) is 0 Å². The Labute approximate surface area is 102 Å². The molecule has 3 heterocycles. The largest absolute Gasteiger partial charge is 0.453 e. The Balaban J connectivity index is 1.96. The summed E-state index contributed by atoms with van der Waals surface area (Å²) in [6.45, 7) is 0. The van der Waals surface area contributed by atoms with E-state index in [2.05, 4.69) is 20.2 Å². The van der Waals surface area contributed by atoms with Crippen molar-refractivity contribution in [1.29, 1.82) is 0 Å². The molecule has 0 saturated carbocycles. The molecule has 0 bridgehead atoms. The number of anilines is 2. The second kappa shape index (κ2) is 3.88. The molecule has 5 N–H and O–H groups in total. The normalized spacial score (nSPS) is 10.7. The summed E-state index contributed by atoms with van der Waals surface area (Å²) in [7, 11) is 0. The Morgan fingerprint density at radius 3 is 2.56 bits per heavy atom. The van der Waals surface area contributed by atoms with Gasteiger partial charge < -0.3 is 15.9 Å². The first-order valence-corrected chi connectivity index (χ1v) is 5.22. The zero-order valence-corrected chi connectivity index (χ0v) is 9.29. The van der Waals surface area contributed by atoms with Crippen LogP contribution in [0.3, 0.4) is 0 Å². The standard InChI is InChI=1S/C11H10N6O/c12-9-4-1-6(5-14-9)7-2-3-8(18-7)10-15-11(13)17-16-10/h1-5H,(H2,12,14)(H3,13,15,16,17). The second-order valence-corrected chi connectivity index (χ2v) is 3.68. The maximum absolute atomic E-state index is 5.64. The summed E-state index contributed by atoms with van der Waals surface area (Å²) in [5, 5.41) is 6.42. The highest BCUT2D eigenvalue weighted by Crippen LogP contribution is 2.26. The molecular weight excluding hydrogens is 232 g/mol. The van der Waals surface area contributed by atoms with Crippen molar-refractivity contribution in [2.24, 2.45) is 0 Å². The van der Waals surface area contributed by atoms with Gasteiger partial charge in [-0.25, -0.2) is 4.98 Å². The van der Waals surface area contributed by atoms with Gasteiger partial charge in [-0.05, 0) is 24.3 Å². The SMILES string of the molecule is Nc1ccc(-c2ccc(-c3nc(N)n[nH]3)o2)cn1. The van der Waals surface area contributed by atoms with Gasteiger partial charge in [-0.3, -0.25) is 5.10 Å². The summed E-state index contributed by atoms with van der Waals surface area (Å²) in [6.07, 6.45) is 1.65. The molecule has 0 unspecified atom stereocenters. The van der Waals surface area contributed by atoms with Gasteiger partial charge >= 0.3 is 0 Å². The fourth-order valence-corrected chi connectivity index (χ4v) is 1.56. The Kier molecular flexibility index (Phi) is 2.23. The van der Waals surface area contributed by atoms with Gasteiger partial charge in [0.2, 0.25) is 5.95 Å². The lowest BCUT2D eigenvalue weighted by molar-refractivity contribution is 0.592. The number of H-pyrrole nitrogens is 1. The molecule has 0 saturated heterocycles. The zero-order chi connectivity index (χ0) is 12.5. The molecule has 0 spiro atoms. The number of furan rings is 1. The molecule has 7 heteroatoms. The molecule has 0 radical (unpaired) electrons. The van der Waals surface area contributed by atoms with E-state index in [9.17, 15) is 0 Å². The molecule has 0 aliphatic rings. The van der Waals surface area contributed by atoms with Crippen molar-refractivity contribution >= 4 is 11.8 Å². The summed E-state index contributed by atoms with van der Waals surface area (Å²) in [6, 6.07) is 7.15. The number of aromatic amines is 1. The lowest BCUT2D eigenvalue weighted by Crippen LogP contribution is -1.88. The number of aromatic nitrogens is 4. The van der Waals surface area contributed by atoms with Crippen LogP contribution in [0.1, 0.15) is 0 Å². The van der Waals surface area contributed by atoms with E-state index in [4.69, 9.17) is 15.9 Å². The average Bonchev–Trinajstić information content (AvgIpc) is 2.98. The van der Waals surface area contributed by atoms with Crippen LogP contribution >= 0.6 is 0 Å². The number of nitrogens with two attached hydrogens (primary N) is 2. The molecule has 0 atom stereocenters. The average molecular weight is 242 g/mol. The van der Waals surface area contributed by atoms with Gasteiger partial charge in [-0.15, -0.1) is 5.10 Å². The van der Waals surface area contributed by atoms with Gasteiger partial charge in [-0.2, -0.15) is 4.98 Å². The van der Waals surface area contributed by atoms with Crippen LogP contribution in [0.4, 0.5) is 11.8 Å². The summed E-state index contributed by atoms with van der Waals surface area (Å²) >= 11 is 0. The van der Waals surface area contributed by atoms with E-state index in [1.165, 1.54) is 0 Å². The molecule has 18 heavy (non-hydrogen) atoms. The molecule has 0 amide bonds. The first-order chi connectivity index (χ1) is 8.72. The van der Waals surface area contributed by atoms with E-state index in [1.807, 2.05) is 12.1 Å². The highest BCUT2D eigenvalue weighted by molar-refractivity contribution is 5.61. The summed E-state index contributed by atoms with van der Waals surface area (Å²) in [4.78, 5) is 7.99. The molecule has 0 aliphatic carbocycles. The highest BCUT2D eigenvalue weighted by atomic mass is 16.3. The smallest absolute Gasteiger partial charge is 0.239 e. The number of rotatable bonds is 2. The van der Waals surface area contributed by atoms with Crippen LogP contribution in [0.25, 0.3) is 22.9 Å². The molecular formula is C11H10N6O. The van der Waals surface area contributed by atoms with Gasteiger partial charge in [0.1, 0.15) is 11.6 Å². The summed E-state index contributed by atoms with van der Waals surface area (Å²) in [5.41, 5.74) is 11.8. The van der Waals surface area contributed by atoms with E-state index in [1.54, 1.807) is 18.3 Å². The van der Waals surface area contributed by atoms with Crippen molar-refractivity contribution in [3.8, 4) is 22.9 Å². The molecule has 90 valence electrons. The number of hydrogen-bond donors (Lipinski definition) is 3. The Bertz CT molecular complexity index is 669. The van der Waals surface area contributed by atoms with Crippen LogP contribution in [-0.4, -0.2) is 20.2 Å². The van der Waals surface area contributed by atoms with Crippen molar-refractivity contribution in [3.05, 3.63) is 30.5 Å². The number of hydrogen-bond acceptors (Lipinski definition) is 6. The first kappa shape index (κ1) is 10.3. The lowest BCUT2D eigenvalue weighted by Gasteiger charge is -1.96. The van der Waals surface area contributed by atoms with Crippen molar-refractivity contribution in [2.45, 2.75) is 0 Å². The van der Waals surface area contributed by atoms with E-state index >= 15 is 0 Å². The summed E-state index contributed by atoms with van der Waals surface area (Å²) < 4.78 is 5.64. The van der Waals surface area contributed by atoms with Crippen LogP contribution in [-0.2, 0) is 0 Å². The van der Waals surface area contributed by atoms with Crippen LogP contribution < -0.4 is 11.5 Å². The molecule has 0 aliphatic heterocycles. The highest BCUT2D eigenvalue weighted by Gasteiger charge is 2.10. The minimum atomic E-state index is 0.178. The Hall–Kier alpha value is -2.83. The minimum absolute atomic E-state index is 0.178. The predicted octanol–water partition coefficient (Wildman–Crippen LogP) is 1.29. The van der Waals surface area contributed by atoms with Crippen molar-refractivity contribution < 1.29 is 4.42 Å². The fourth-order valence-electron chi connectivity index (χ4n) is 1.56. The maximum atomic E-state index is 5.64. The third-order valence-corrected chi connectivity index (χ3v) is 2.41. The number of nitrogens with zero attached hydrogens (tertiary/aromatic N) is 3. The van der Waals surface area contributed by atoms with E-state index in [0.29, 0.717) is 23.2 Å². The molecule has 0 aromatic carbocycles. The molecule has 3 aromatic rings. The van der Waals surface area contributed by atoms with Crippen molar-refractivity contribution in [2.75, 3.05) is 11.5 Å². The predicted molar refractivity (Wildman–Crippen MR) is 66.1 cm³/mol. The lowest BCUT2D eigenvalue weighted by atomic mass is 10.2. The third-order valence-electron chi connectivity index (χ3n) is 2.41. The van der Waals surface area contributed by atoms with Crippen LogP contribution in [0.5, 0.6) is 0 Å². The quantitative estimate of drug-likeness (QED) is 0.622. The summed E-state index contributed by atoms with van der Waals surface area (Å²) in [5.74, 6) is 2.37. The molecule has 3 rings (SSSR count). The van der Waals surface area contributed by atoms with E-state index in [0.717, 1.165) is 5.56 Å². The topological polar surface area (TPSA) is 120 Å². The second-order valence-electron chi connectivity index (χ2n) is 3.68. The zero-order valence-electron chi connectivity index (χ0n) is 9.29. The molecule has 0 fully saturated rings. The molecule has 7 nitrogen and oxygen atoms in total. The Morgan fingerprint density at radius 2 is 1.89 bits per heavy atom. The third kappa shape index (κ3) is 1.77. The monoisotopic (exact) mass is 242 g/mol. The van der Waals surface area contributed by atoms with Gasteiger partial charge in [0.15, 0.2) is 11.6 Å². The van der Waals surface area contributed by atoms with E-state index in [-0.39, 0.29) is 5.95 Å². The van der Waals surface area contributed by atoms with Gasteiger partial charge in [-0.1, -0.05) is 0 Å². The first-order valence-electron chi connectivity index (χ1n) is 5.22. The maximum Gasteiger partial charge on any atom is 0.239 e. The van der Waals surface area contributed by atoms with Gasteiger partial charge in [0, 0.05) is 11.8 Å².